The van der Waals surface area contributed by atoms with Crippen molar-refractivity contribution in [2.45, 2.75) is 63.1 Å². The maximum atomic E-state index is 13.5. The molecule has 0 spiro atoms. The van der Waals surface area contributed by atoms with Crippen molar-refractivity contribution in [3.63, 3.8) is 0 Å². The van der Waals surface area contributed by atoms with Crippen molar-refractivity contribution in [1.82, 2.24) is 14.2 Å². The smallest absolute Gasteiger partial charge is 0.256 e. The van der Waals surface area contributed by atoms with E-state index in [9.17, 15) is 13.2 Å². The first-order valence-corrected chi connectivity index (χ1v) is 13.7. The van der Waals surface area contributed by atoms with Crippen LogP contribution in [0.4, 0.5) is 5.69 Å². The third kappa shape index (κ3) is 4.46. The van der Waals surface area contributed by atoms with Gasteiger partial charge in [-0.2, -0.15) is 4.31 Å². The van der Waals surface area contributed by atoms with E-state index < -0.39 is 10.0 Å². The predicted molar refractivity (Wildman–Crippen MR) is 138 cm³/mol. The van der Waals surface area contributed by atoms with Gasteiger partial charge in [0.1, 0.15) is 0 Å². The van der Waals surface area contributed by atoms with Crippen molar-refractivity contribution in [2.24, 2.45) is 0 Å². The Morgan fingerprint density at radius 2 is 1.71 bits per heavy atom. The van der Waals surface area contributed by atoms with Crippen LogP contribution in [0, 0.1) is 0 Å². The highest BCUT2D eigenvalue weighted by Crippen LogP contribution is 2.31. The number of hydrogen-bond donors (Lipinski definition) is 1. The Bertz CT molecular complexity index is 1360. The number of nitrogens with one attached hydrogen (secondary N) is 1. The van der Waals surface area contributed by atoms with Crippen molar-refractivity contribution < 1.29 is 13.2 Å². The molecule has 2 atom stereocenters. The fourth-order valence-corrected chi connectivity index (χ4v) is 7.36. The van der Waals surface area contributed by atoms with Crippen LogP contribution >= 0.6 is 0 Å². The molecule has 2 aliphatic rings. The lowest BCUT2D eigenvalue weighted by atomic mass is 9.95. The molecule has 3 heterocycles. The highest BCUT2D eigenvalue weighted by Gasteiger charge is 2.35. The number of benzene rings is 2. The number of amides is 1. The summed E-state index contributed by atoms with van der Waals surface area (Å²) in [6.45, 7) is 5.51. The zero-order chi connectivity index (χ0) is 24.7. The lowest BCUT2D eigenvalue weighted by Crippen LogP contribution is -2.47. The predicted octanol–water partition coefficient (Wildman–Crippen LogP) is 4.43. The SMILES string of the molecule is C[C@@H]1CCC[C@@H](C)N1S(=O)(=O)c1ccc(NC(=O)c2c3c(nc4ccccc24)CCN(C)C3)cc1. The van der Waals surface area contributed by atoms with Gasteiger partial charge in [-0.05, 0) is 64.1 Å². The summed E-state index contributed by atoms with van der Waals surface area (Å²) in [5.41, 5.74) is 3.95. The number of carbonyl (C=O) groups excluding carboxylic acids is 1. The number of likely N-dealkylation sites (N-methyl/N-ethyl adjacent to an activating group) is 1. The van der Waals surface area contributed by atoms with Crippen LogP contribution in [0.5, 0.6) is 0 Å². The molecule has 1 N–H and O–H groups in total. The summed E-state index contributed by atoms with van der Waals surface area (Å²) in [6.07, 6.45) is 3.59. The maximum Gasteiger partial charge on any atom is 0.256 e. The minimum Gasteiger partial charge on any atom is -0.322 e. The van der Waals surface area contributed by atoms with Crippen molar-refractivity contribution in [2.75, 3.05) is 18.9 Å². The van der Waals surface area contributed by atoms with Crippen molar-refractivity contribution >= 4 is 32.5 Å². The second-order valence-corrected chi connectivity index (χ2v) is 11.7. The molecule has 0 unspecified atom stereocenters. The van der Waals surface area contributed by atoms with Gasteiger partial charge in [0.2, 0.25) is 10.0 Å². The minimum atomic E-state index is -3.60. The van der Waals surface area contributed by atoms with Gasteiger partial charge in [-0.1, -0.05) is 24.6 Å². The lowest BCUT2D eigenvalue weighted by Gasteiger charge is -2.37. The normalized spacial score (nSPS) is 21.6. The van der Waals surface area contributed by atoms with Crippen LogP contribution < -0.4 is 5.32 Å². The van der Waals surface area contributed by atoms with E-state index in [0.29, 0.717) is 17.8 Å². The van der Waals surface area contributed by atoms with E-state index in [1.54, 1.807) is 28.6 Å². The van der Waals surface area contributed by atoms with E-state index >= 15 is 0 Å². The van der Waals surface area contributed by atoms with Crippen LogP contribution in [0.2, 0.25) is 0 Å². The minimum absolute atomic E-state index is 0.0209. The van der Waals surface area contributed by atoms with Gasteiger partial charge < -0.3 is 10.2 Å². The Balaban J connectivity index is 1.44. The van der Waals surface area contributed by atoms with Gasteiger partial charge in [-0.15, -0.1) is 0 Å². The quantitative estimate of drug-likeness (QED) is 0.583. The third-order valence-electron chi connectivity index (χ3n) is 7.26. The number of para-hydroxylation sites is 1. The second-order valence-electron chi connectivity index (χ2n) is 9.86. The number of pyridine rings is 1. The molecule has 0 radical (unpaired) electrons. The van der Waals surface area contributed by atoms with Crippen LogP contribution in [-0.2, 0) is 23.0 Å². The number of fused-ring (bicyclic) bond motifs is 2. The first-order valence-electron chi connectivity index (χ1n) is 12.3. The Morgan fingerprint density at radius 3 is 2.43 bits per heavy atom. The van der Waals surface area contributed by atoms with E-state index in [1.807, 2.05) is 45.2 Å². The molecule has 35 heavy (non-hydrogen) atoms. The van der Waals surface area contributed by atoms with Gasteiger partial charge in [0.15, 0.2) is 0 Å². The van der Waals surface area contributed by atoms with Gasteiger partial charge in [-0.25, -0.2) is 8.42 Å². The Hall–Kier alpha value is -2.81. The zero-order valence-corrected chi connectivity index (χ0v) is 21.3. The highest BCUT2D eigenvalue weighted by atomic mass is 32.2. The second kappa shape index (κ2) is 9.33. The van der Waals surface area contributed by atoms with Crippen LogP contribution in [-0.4, -0.2) is 54.2 Å². The molecule has 0 aliphatic carbocycles. The fraction of sp³-hybridized carbons (Fsp3) is 0.407. The van der Waals surface area contributed by atoms with Crippen LogP contribution in [0.1, 0.15) is 54.7 Å². The molecule has 1 amide bonds. The monoisotopic (exact) mass is 492 g/mol. The number of anilines is 1. The van der Waals surface area contributed by atoms with Gasteiger partial charge in [-0.3, -0.25) is 9.78 Å². The molecule has 7 nitrogen and oxygen atoms in total. The van der Waals surface area contributed by atoms with Crippen LogP contribution in [0.25, 0.3) is 10.9 Å². The zero-order valence-electron chi connectivity index (χ0n) is 20.5. The molecule has 1 fully saturated rings. The Kier molecular flexibility index (Phi) is 6.38. The summed E-state index contributed by atoms with van der Waals surface area (Å²) in [7, 11) is -1.55. The summed E-state index contributed by atoms with van der Waals surface area (Å²) in [4.78, 5) is 20.8. The molecule has 1 aromatic heterocycles. The number of piperidine rings is 1. The van der Waals surface area contributed by atoms with Gasteiger partial charge in [0.25, 0.3) is 5.91 Å². The molecule has 184 valence electrons. The summed E-state index contributed by atoms with van der Waals surface area (Å²) in [5, 5.41) is 3.82. The number of hydrogen-bond acceptors (Lipinski definition) is 5. The molecular weight excluding hydrogens is 460 g/mol. The van der Waals surface area contributed by atoms with E-state index in [1.165, 1.54) is 0 Å². The van der Waals surface area contributed by atoms with Crippen LogP contribution in [0.15, 0.2) is 53.4 Å². The van der Waals surface area contributed by atoms with Crippen molar-refractivity contribution in [3.8, 4) is 0 Å². The summed E-state index contributed by atoms with van der Waals surface area (Å²) in [6, 6.07) is 14.2. The maximum absolute atomic E-state index is 13.5. The Morgan fingerprint density at radius 1 is 1.03 bits per heavy atom. The number of rotatable bonds is 4. The van der Waals surface area contributed by atoms with Crippen molar-refractivity contribution in [3.05, 3.63) is 65.4 Å². The lowest BCUT2D eigenvalue weighted by molar-refractivity contribution is 0.102. The molecule has 5 rings (SSSR count). The summed E-state index contributed by atoms with van der Waals surface area (Å²) in [5.74, 6) is -0.205. The number of sulfonamides is 1. The van der Waals surface area contributed by atoms with Crippen LogP contribution in [0.3, 0.4) is 0 Å². The molecule has 2 aliphatic heterocycles. The molecule has 0 saturated carbocycles. The average Bonchev–Trinajstić information content (AvgIpc) is 2.82. The average molecular weight is 493 g/mol. The van der Waals surface area contributed by atoms with Gasteiger partial charge >= 0.3 is 0 Å². The first kappa shape index (κ1) is 23.9. The number of aromatic nitrogens is 1. The molecule has 3 aromatic rings. The third-order valence-corrected chi connectivity index (χ3v) is 9.41. The molecule has 2 aromatic carbocycles. The highest BCUT2D eigenvalue weighted by molar-refractivity contribution is 7.89. The van der Waals surface area contributed by atoms with Crippen molar-refractivity contribution in [1.29, 1.82) is 0 Å². The molecule has 8 heteroatoms. The Labute approximate surface area is 207 Å². The largest absolute Gasteiger partial charge is 0.322 e. The number of carbonyl (C=O) groups is 1. The van der Waals surface area contributed by atoms with E-state index in [2.05, 4.69) is 10.2 Å². The molecule has 1 saturated heterocycles. The van der Waals surface area contributed by atoms with E-state index in [-0.39, 0.29) is 22.9 Å². The molecule has 0 bridgehead atoms. The summed E-state index contributed by atoms with van der Waals surface area (Å²) >= 11 is 0. The number of nitrogens with zero attached hydrogens (tertiary/aromatic N) is 3. The summed E-state index contributed by atoms with van der Waals surface area (Å²) < 4.78 is 28.3. The standard InChI is InChI=1S/C27H32N4O3S/c1-18-7-6-8-19(2)31(18)35(33,34)21-13-11-20(12-14-21)28-27(32)26-22-9-4-5-10-24(22)29-25-15-16-30(3)17-23(25)26/h4-5,9-14,18-19H,6-8,15-17H2,1-3H3,(H,28,32)/t18-,19-/m1/s1. The van der Waals surface area contributed by atoms with E-state index in [4.69, 9.17) is 4.98 Å². The van der Waals surface area contributed by atoms with Gasteiger partial charge in [0.05, 0.1) is 16.0 Å². The first-order chi connectivity index (χ1) is 16.8. The fourth-order valence-electron chi connectivity index (χ4n) is 5.48. The molecular formula is C27H32N4O3S. The van der Waals surface area contributed by atoms with Gasteiger partial charge in [0, 0.05) is 53.9 Å². The van der Waals surface area contributed by atoms with E-state index in [0.717, 1.165) is 54.4 Å². The topological polar surface area (TPSA) is 82.6 Å².